The lowest BCUT2D eigenvalue weighted by Gasteiger charge is -2.25. The maximum absolute atomic E-state index is 13.5. The summed E-state index contributed by atoms with van der Waals surface area (Å²) >= 11 is 6.06. The summed E-state index contributed by atoms with van der Waals surface area (Å²) in [6.07, 6.45) is 0.974. The van der Waals surface area contributed by atoms with E-state index in [2.05, 4.69) is 10.5 Å². The van der Waals surface area contributed by atoms with Gasteiger partial charge in [-0.05, 0) is 72.1 Å². The van der Waals surface area contributed by atoms with Crippen LogP contribution in [0.5, 0.6) is 0 Å². The second kappa shape index (κ2) is 10.4. The van der Waals surface area contributed by atoms with Gasteiger partial charge in [-0.1, -0.05) is 23.7 Å². The van der Waals surface area contributed by atoms with E-state index in [1.165, 1.54) is 71.4 Å². The number of hydrogen-bond acceptors (Lipinski definition) is 6. The second-order valence-corrected chi connectivity index (χ2v) is 9.01. The lowest BCUT2D eigenvalue weighted by molar-refractivity contribution is -0.384. The van der Waals surface area contributed by atoms with Crippen LogP contribution in [0.2, 0.25) is 5.02 Å². The van der Waals surface area contributed by atoms with E-state index in [4.69, 9.17) is 16.3 Å². The number of rotatable bonds is 7. The lowest BCUT2D eigenvalue weighted by Crippen LogP contribution is -2.39. The molecule has 3 aromatic carbocycles. The highest BCUT2D eigenvalue weighted by Crippen LogP contribution is 2.32. The minimum Gasteiger partial charge on any atom is -0.449 e. The number of nitro groups is 1. The number of nitro benzene ring substituents is 1. The monoisotopic (exact) mass is 536 g/mol. The van der Waals surface area contributed by atoms with Gasteiger partial charge in [-0.3, -0.25) is 20.3 Å². The van der Waals surface area contributed by atoms with Gasteiger partial charge in [0.2, 0.25) is 12.1 Å². The Morgan fingerprint density at radius 3 is 2.34 bits per heavy atom. The Morgan fingerprint density at radius 2 is 1.68 bits per heavy atom. The molecule has 8 nitrogen and oxygen atoms in total. The summed E-state index contributed by atoms with van der Waals surface area (Å²) in [7, 11) is 0. The average molecular weight is 537 g/mol. The van der Waals surface area contributed by atoms with Crippen LogP contribution < -0.4 is 11.0 Å². The average Bonchev–Trinajstić information content (AvgIpc) is 3.39. The van der Waals surface area contributed by atoms with E-state index in [1.807, 2.05) is 0 Å². The van der Waals surface area contributed by atoms with Crippen LogP contribution in [0.1, 0.15) is 17.2 Å². The van der Waals surface area contributed by atoms with Gasteiger partial charge in [0, 0.05) is 28.9 Å². The third-order valence-corrected chi connectivity index (χ3v) is 6.34. The number of hydrazone groups is 1. The van der Waals surface area contributed by atoms with Gasteiger partial charge >= 0.3 is 0 Å². The normalized spacial score (nSPS) is 15.3. The molecule has 1 aromatic heterocycles. The first kappa shape index (κ1) is 25.1. The third-order valence-electron chi connectivity index (χ3n) is 6.10. The van der Waals surface area contributed by atoms with Gasteiger partial charge in [-0.25, -0.2) is 8.78 Å². The number of benzene rings is 3. The molecular weight excluding hydrogens is 518 g/mol. The standard InChI is InChI=1S/C27H19ClF2N4O4/c28-19-5-10-23(34(36)37)22(15-19)18-11-12-33(25(35)14-18)24(13-16-1-6-20(29)7-2-16)27-32-31-26(38-27)17-3-8-21(30)9-4-17/h1-12,14-15,24,27,32H,13H2. The van der Waals surface area contributed by atoms with Crippen molar-refractivity contribution in [3.8, 4) is 11.1 Å². The minimum absolute atomic E-state index is 0.187. The zero-order chi connectivity index (χ0) is 26.8. The molecule has 1 aliphatic rings. The molecule has 0 amide bonds. The summed E-state index contributed by atoms with van der Waals surface area (Å²) in [5.41, 5.74) is 4.05. The molecule has 0 aliphatic carbocycles. The number of hydrogen-bond donors (Lipinski definition) is 1. The van der Waals surface area contributed by atoms with E-state index >= 15 is 0 Å². The van der Waals surface area contributed by atoms with Crippen molar-refractivity contribution in [3.05, 3.63) is 133 Å². The molecule has 1 aliphatic heterocycles. The van der Waals surface area contributed by atoms with Gasteiger partial charge in [0.05, 0.1) is 16.5 Å². The Labute approximate surface area is 219 Å². The topological polar surface area (TPSA) is 98.8 Å². The Bertz CT molecular complexity index is 1590. The molecule has 0 saturated heterocycles. The summed E-state index contributed by atoms with van der Waals surface area (Å²) in [5.74, 6) is -0.581. The Kier molecular flexibility index (Phi) is 6.89. The zero-order valence-electron chi connectivity index (χ0n) is 19.6. The number of nitrogens with one attached hydrogen (secondary N) is 1. The predicted octanol–water partition coefficient (Wildman–Crippen LogP) is 5.45. The van der Waals surface area contributed by atoms with Gasteiger partial charge in [-0.15, -0.1) is 5.10 Å². The van der Waals surface area contributed by atoms with Crippen molar-refractivity contribution in [2.75, 3.05) is 0 Å². The van der Waals surface area contributed by atoms with Crippen molar-refractivity contribution < 1.29 is 18.4 Å². The highest BCUT2D eigenvalue weighted by atomic mass is 35.5. The molecule has 4 aromatic rings. The van der Waals surface area contributed by atoms with Gasteiger partial charge in [0.25, 0.3) is 11.2 Å². The van der Waals surface area contributed by atoms with E-state index in [1.54, 1.807) is 18.2 Å². The van der Waals surface area contributed by atoms with E-state index < -0.39 is 34.4 Å². The summed E-state index contributed by atoms with van der Waals surface area (Å²) in [4.78, 5) is 24.3. The number of ether oxygens (including phenoxy) is 1. The molecule has 0 bridgehead atoms. The zero-order valence-corrected chi connectivity index (χ0v) is 20.3. The lowest BCUT2D eigenvalue weighted by atomic mass is 10.0. The maximum atomic E-state index is 13.5. The molecule has 5 rings (SSSR count). The van der Waals surface area contributed by atoms with Crippen molar-refractivity contribution >= 4 is 23.2 Å². The first-order valence-corrected chi connectivity index (χ1v) is 11.8. The molecule has 0 fully saturated rings. The van der Waals surface area contributed by atoms with Crippen molar-refractivity contribution in [3.63, 3.8) is 0 Å². The SMILES string of the molecule is O=c1cc(-c2cc(Cl)ccc2[N+](=O)[O-])ccn1C(Cc1ccc(F)cc1)C1NN=C(c2ccc(F)cc2)O1. The summed E-state index contributed by atoms with van der Waals surface area (Å²) in [6.45, 7) is 0. The number of aromatic nitrogens is 1. The fourth-order valence-electron chi connectivity index (χ4n) is 4.23. The molecule has 11 heteroatoms. The Balaban J connectivity index is 1.50. The number of nitrogens with zero attached hydrogens (tertiary/aromatic N) is 3. The van der Waals surface area contributed by atoms with Crippen LogP contribution in [0.3, 0.4) is 0 Å². The summed E-state index contributed by atoms with van der Waals surface area (Å²) in [5, 5.41) is 16.0. The maximum Gasteiger partial charge on any atom is 0.277 e. The van der Waals surface area contributed by atoms with Crippen molar-refractivity contribution in [1.82, 2.24) is 9.99 Å². The molecule has 192 valence electrons. The van der Waals surface area contributed by atoms with Crippen LogP contribution in [0.4, 0.5) is 14.5 Å². The van der Waals surface area contributed by atoms with Crippen molar-refractivity contribution in [2.24, 2.45) is 5.10 Å². The van der Waals surface area contributed by atoms with Crippen LogP contribution in [0.25, 0.3) is 11.1 Å². The molecule has 0 radical (unpaired) electrons. The molecular formula is C27H19ClF2N4O4. The molecule has 2 atom stereocenters. The molecule has 2 heterocycles. The molecule has 0 saturated carbocycles. The van der Waals surface area contributed by atoms with Crippen LogP contribution in [0, 0.1) is 21.7 Å². The fourth-order valence-corrected chi connectivity index (χ4v) is 4.40. The van der Waals surface area contributed by atoms with Gasteiger partial charge < -0.3 is 9.30 Å². The van der Waals surface area contributed by atoms with Crippen molar-refractivity contribution in [1.29, 1.82) is 0 Å². The smallest absolute Gasteiger partial charge is 0.277 e. The highest BCUT2D eigenvalue weighted by Gasteiger charge is 2.31. The van der Waals surface area contributed by atoms with E-state index in [9.17, 15) is 23.7 Å². The first-order valence-electron chi connectivity index (χ1n) is 11.5. The van der Waals surface area contributed by atoms with Crippen LogP contribution in [0.15, 0.2) is 95.0 Å². The van der Waals surface area contributed by atoms with E-state index in [0.29, 0.717) is 11.1 Å². The largest absolute Gasteiger partial charge is 0.449 e. The van der Waals surface area contributed by atoms with Gasteiger partial charge in [-0.2, -0.15) is 0 Å². The van der Waals surface area contributed by atoms with Crippen LogP contribution in [-0.4, -0.2) is 21.6 Å². The second-order valence-electron chi connectivity index (χ2n) is 8.57. The van der Waals surface area contributed by atoms with Gasteiger partial charge in [0.15, 0.2) is 0 Å². The van der Waals surface area contributed by atoms with Gasteiger partial charge in [0.1, 0.15) is 11.6 Å². The van der Waals surface area contributed by atoms with Crippen LogP contribution in [-0.2, 0) is 11.2 Å². The predicted molar refractivity (Wildman–Crippen MR) is 138 cm³/mol. The first-order chi connectivity index (χ1) is 18.3. The summed E-state index contributed by atoms with van der Waals surface area (Å²) in [6, 6.07) is 17.8. The third kappa shape index (κ3) is 5.25. The van der Waals surface area contributed by atoms with Crippen LogP contribution >= 0.6 is 11.6 Å². The molecule has 0 spiro atoms. The van der Waals surface area contributed by atoms with E-state index in [-0.39, 0.29) is 28.6 Å². The van der Waals surface area contributed by atoms with Crippen molar-refractivity contribution in [2.45, 2.75) is 18.7 Å². The highest BCUT2D eigenvalue weighted by molar-refractivity contribution is 6.31. The number of pyridine rings is 1. The quantitative estimate of drug-likeness (QED) is 0.250. The van der Waals surface area contributed by atoms with E-state index in [0.717, 1.165) is 5.56 Å². The molecule has 1 N–H and O–H groups in total. The Hall–Kier alpha value is -4.57. The minimum atomic E-state index is -0.802. The number of halogens is 3. The fraction of sp³-hybridized carbons (Fsp3) is 0.111. The summed E-state index contributed by atoms with van der Waals surface area (Å²) < 4.78 is 34.3. The Morgan fingerprint density at radius 1 is 1.00 bits per heavy atom. The molecule has 38 heavy (non-hydrogen) atoms. The molecule has 2 unspecified atom stereocenters.